The fourth-order valence-corrected chi connectivity index (χ4v) is 11.0. The van der Waals surface area contributed by atoms with Gasteiger partial charge in [-0.25, -0.2) is 16.8 Å². The molecule has 16 heteroatoms. The topological polar surface area (TPSA) is 183 Å². The first-order valence-electron chi connectivity index (χ1n) is 21.2. The summed E-state index contributed by atoms with van der Waals surface area (Å²) in [7, 11) is -7.29. The van der Waals surface area contributed by atoms with E-state index in [9.17, 15) is 31.2 Å². The van der Waals surface area contributed by atoms with Crippen LogP contribution in [0, 0.1) is 12.8 Å². The number of amides is 3. The SMILES string of the molecule is CCCC(=O)N1CCN(Cc2ccc(NC(=O)c3ccc(-c4cc(NC(=O)C5CC5)ccc4C)cc3)cc2)CC1.CS(=O)(=O)CS(=O)(=O)N1CCN(Cc2ccc(N)cc2)CC1. The molecule has 4 N–H and O–H groups in total. The van der Waals surface area contributed by atoms with E-state index in [0.29, 0.717) is 43.9 Å². The Balaban J connectivity index is 0.000000246. The molecule has 3 amide bonds. The van der Waals surface area contributed by atoms with Crippen LogP contribution in [-0.2, 0) is 42.5 Å². The number of carbonyl (C=O) groups excluding carboxylic acids is 3. The number of hydrogen-bond acceptors (Lipinski definition) is 10. The summed E-state index contributed by atoms with van der Waals surface area (Å²) in [6, 6.07) is 29.0. The predicted octanol–water partition coefficient (Wildman–Crippen LogP) is 5.43. The van der Waals surface area contributed by atoms with Crippen molar-refractivity contribution in [2.45, 2.75) is 52.6 Å². The number of sulfonamides is 1. The predicted molar refractivity (Wildman–Crippen MR) is 245 cm³/mol. The molecule has 62 heavy (non-hydrogen) atoms. The van der Waals surface area contributed by atoms with Gasteiger partial charge in [0.1, 0.15) is 0 Å². The van der Waals surface area contributed by atoms with Crippen molar-refractivity contribution in [2.75, 3.05) is 80.1 Å². The molecule has 4 aromatic rings. The van der Waals surface area contributed by atoms with E-state index in [4.69, 9.17) is 5.73 Å². The molecule has 0 atom stereocenters. The summed E-state index contributed by atoms with van der Waals surface area (Å²) >= 11 is 0. The smallest absolute Gasteiger partial charge is 0.255 e. The van der Waals surface area contributed by atoms with Crippen LogP contribution >= 0.6 is 0 Å². The summed E-state index contributed by atoms with van der Waals surface area (Å²) in [6.45, 7) is 10.7. The fourth-order valence-electron chi connectivity index (χ4n) is 7.48. The van der Waals surface area contributed by atoms with Gasteiger partial charge in [-0.1, -0.05) is 49.4 Å². The van der Waals surface area contributed by atoms with Crippen LogP contribution in [0.2, 0.25) is 0 Å². The van der Waals surface area contributed by atoms with Crippen LogP contribution in [0.15, 0.2) is 91.0 Å². The normalized spacial score (nSPS) is 16.5. The monoisotopic (exact) mass is 885 g/mol. The van der Waals surface area contributed by atoms with E-state index in [-0.39, 0.29) is 23.6 Å². The van der Waals surface area contributed by atoms with Crippen molar-refractivity contribution in [3.05, 3.63) is 113 Å². The molecule has 2 aliphatic heterocycles. The molecule has 332 valence electrons. The molecule has 1 saturated carbocycles. The van der Waals surface area contributed by atoms with Crippen LogP contribution in [0.5, 0.6) is 0 Å². The molecule has 7 rings (SSSR count). The number of carbonyl (C=O) groups is 3. The standard InChI is InChI=1S/C33H38N4O3.C13H21N3O4S2/c1-3-4-31(38)37-19-17-36(18-20-37)22-24-6-15-28(16-7-24)34-32(39)26-10-8-25(9-11-26)30-21-29(14-5-23(30)2)35-33(40)27-12-13-27;1-21(17,18)11-22(19,20)16-8-6-15(7-9-16)10-12-2-4-13(14)5-3-12/h5-11,14-16,21,27H,3-4,12-13,17-20,22H2,1-2H3,(H,34,39)(H,35,40);2-5H,6-11,14H2,1H3. The average Bonchev–Trinajstić information content (AvgIpc) is 4.10. The van der Waals surface area contributed by atoms with Gasteiger partial charge in [-0.3, -0.25) is 24.2 Å². The minimum absolute atomic E-state index is 0.0909. The fraction of sp³-hybridized carbons (Fsp3) is 0.413. The van der Waals surface area contributed by atoms with Crippen molar-refractivity contribution in [1.29, 1.82) is 0 Å². The van der Waals surface area contributed by atoms with Crippen molar-refractivity contribution in [3.63, 3.8) is 0 Å². The number of nitrogen functional groups attached to an aromatic ring is 1. The summed E-state index contributed by atoms with van der Waals surface area (Å²) in [5.74, 6) is 0.348. The second kappa shape index (κ2) is 20.8. The second-order valence-corrected chi connectivity index (χ2v) is 21.0. The number of hydrogen-bond donors (Lipinski definition) is 3. The number of anilines is 3. The summed E-state index contributed by atoms with van der Waals surface area (Å²) < 4.78 is 47.7. The quantitative estimate of drug-likeness (QED) is 0.138. The molecule has 0 radical (unpaired) electrons. The lowest BCUT2D eigenvalue weighted by Gasteiger charge is -2.34. The van der Waals surface area contributed by atoms with Gasteiger partial charge >= 0.3 is 0 Å². The van der Waals surface area contributed by atoms with E-state index >= 15 is 0 Å². The van der Waals surface area contributed by atoms with Crippen LogP contribution in [0.4, 0.5) is 17.1 Å². The van der Waals surface area contributed by atoms with E-state index in [1.807, 2.05) is 110 Å². The van der Waals surface area contributed by atoms with Gasteiger partial charge in [0.2, 0.25) is 21.8 Å². The lowest BCUT2D eigenvalue weighted by atomic mass is 9.98. The number of sulfone groups is 1. The molecular formula is C46H59N7O7S2. The number of piperazine rings is 2. The summed E-state index contributed by atoms with van der Waals surface area (Å²) in [6.07, 6.45) is 4.40. The number of aryl methyl sites for hydroxylation is 1. The van der Waals surface area contributed by atoms with E-state index in [0.717, 1.165) is 98.4 Å². The van der Waals surface area contributed by atoms with E-state index in [2.05, 4.69) is 20.4 Å². The molecular weight excluding hydrogens is 827 g/mol. The van der Waals surface area contributed by atoms with Gasteiger partial charge in [0.05, 0.1) is 0 Å². The highest BCUT2D eigenvalue weighted by Gasteiger charge is 2.31. The van der Waals surface area contributed by atoms with Gasteiger partial charge in [-0.15, -0.1) is 0 Å². The molecule has 0 aromatic heterocycles. The third-order valence-corrected chi connectivity index (χ3v) is 15.2. The van der Waals surface area contributed by atoms with E-state index < -0.39 is 24.9 Å². The molecule has 0 unspecified atom stereocenters. The van der Waals surface area contributed by atoms with Crippen LogP contribution < -0.4 is 16.4 Å². The number of rotatable bonds is 14. The highest BCUT2D eigenvalue weighted by molar-refractivity contribution is 8.06. The van der Waals surface area contributed by atoms with E-state index in [1.54, 1.807) is 0 Å². The number of nitrogens with one attached hydrogen (secondary N) is 2. The Morgan fingerprint density at radius 3 is 1.79 bits per heavy atom. The van der Waals surface area contributed by atoms with Crippen molar-refractivity contribution < 1.29 is 31.2 Å². The first kappa shape index (κ1) is 46.4. The molecule has 0 bridgehead atoms. The van der Waals surface area contributed by atoms with Gasteiger partial charge in [0.15, 0.2) is 14.9 Å². The Kier molecular flexibility index (Phi) is 15.6. The van der Waals surface area contributed by atoms with Crippen LogP contribution in [-0.4, -0.2) is 117 Å². The maximum absolute atomic E-state index is 12.9. The van der Waals surface area contributed by atoms with Crippen molar-refractivity contribution in [3.8, 4) is 11.1 Å². The third-order valence-electron chi connectivity index (χ3n) is 11.2. The van der Waals surface area contributed by atoms with Gasteiger partial charge in [-0.05, 0) is 103 Å². The molecule has 3 fully saturated rings. The molecule has 4 aromatic carbocycles. The maximum atomic E-state index is 12.9. The van der Waals surface area contributed by atoms with Gasteiger partial charge in [-0.2, -0.15) is 4.31 Å². The number of nitrogens with two attached hydrogens (primary N) is 1. The largest absolute Gasteiger partial charge is 0.399 e. The zero-order valence-electron chi connectivity index (χ0n) is 35.9. The Bertz CT molecular complexity index is 2390. The van der Waals surface area contributed by atoms with Crippen molar-refractivity contribution in [2.24, 2.45) is 5.92 Å². The highest BCUT2D eigenvalue weighted by atomic mass is 32.3. The molecule has 1 aliphatic carbocycles. The lowest BCUT2D eigenvalue weighted by Crippen LogP contribution is -2.49. The molecule has 3 aliphatic rings. The lowest BCUT2D eigenvalue weighted by molar-refractivity contribution is -0.133. The summed E-state index contributed by atoms with van der Waals surface area (Å²) in [5.41, 5.74) is 13.9. The Morgan fingerprint density at radius 2 is 1.24 bits per heavy atom. The van der Waals surface area contributed by atoms with Crippen molar-refractivity contribution in [1.82, 2.24) is 19.0 Å². The molecule has 0 spiro atoms. The zero-order chi connectivity index (χ0) is 44.4. The first-order valence-corrected chi connectivity index (χ1v) is 24.9. The average molecular weight is 886 g/mol. The van der Waals surface area contributed by atoms with Gasteiger partial charge < -0.3 is 21.3 Å². The minimum atomic E-state index is -3.74. The number of nitrogens with zero attached hydrogens (tertiary/aromatic N) is 4. The van der Waals surface area contributed by atoms with E-state index in [1.165, 1.54) is 9.87 Å². The molecule has 2 saturated heterocycles. The molecule has 2 heterocycles. The number of benzene rings is 4. The van der Waals surface area contributed by atoms with Crippen molar-refractivity contribution >= 4 is 54.6 Å². The van der Waals surface area contributed by atoms with Gasteiger partial charge in [0, 0.05) is 107 Å². The Labute approximate surface area is 366 Å². The summed E-state index contributed by atoms with van der Waals surface area (Å²) in [5, 5.41) is 5.19. The second-order valence-electron chi connectivity index (χ2n) is 16.5. The van der Waals surface area contributed by atoms with Crippen LogP contribution in [0.1, 0.15) is 59.7 Å². The maximum Gasteiger partial charge on any atom is 0.255 e. The van der Waals surface area contributed by atoms with Crippen LogP contribution in [0.3, 0.4) is 0 Å². The zero-order valence-corrected chi connectivity index (χ0v) is 37.5. The Morgan fingerprint density at radius 1 is 0.694 bits per heavy atom. The molecule has 14 nitrogen and oxygen atoms in total. The third kappa shape index (κ3) is 13.7. The first-order chi connectivity index (χ1) is 29.5. The Hall–Kier alpha value is -5.13. The highest BCUT2D eigenvalue weighted by Crippen LogP contribution is 2.32. The summed E-state index contributed by atoms with van der Waals surface area (Å²) in [4.78, 5) is 43.7. The van der Waals surface area contributed by atoms with Crippen LogP contribution in [0.25, 0.3) is 11.1 Å². The van der Waals surface area contributed by atoms with Gasteiger partial charge in [0.25, 0.3) is 5.91 Å². The minimum Gasteiger partial charge on any atom is -0.399 e.